The zero-order chi connectivity index (χ0) is 13.1. The monoisotopic (exact) mass is 298 g/mol. The number of nitrogens with one attached hydrogen (secondary N) is 1. The van der Waals surface area contributed by atoms with E-state index in [4.69, 9.17) is 0 Å². The Balaban J connectivity index is 2.63. The van der Waals surface area contributed by atoms with Gasteiger partial charge >= 0.3 is 0 Å². The normalized spacial score (nSPS) is 23.9. The van der Waals surface area contributed by atoms with Gasteiger partial charge < -0.3 is 0 Å². The molecule has 0 fully saturated rings. The summed E-state index contributed by atoms with van der Waals surface area (Å²) in [6, 6.07) is 0. The molecule has 1 N–H and O–H groups in total. The standard InChI is InChI=1S/C9H18N2O3S3/c1-4-6-7(3)16(12)8-10-11-9(15-8)17(13,14)5-2/h7-8,10H,4-6H2,1-3H3. The quantitative estimate of drug-likeness (QED) is 0.826. The van der Waals surface area contributed by atoms with Crippen molar-refractivity contribution < 1.29 is 12.6 Å². The third kappa shape index (κ3) is 3.69. The zero-order valence-electron chi connectivity index (χ0n) is 10.2. The molecule has 0 aromatic heterocycles. The molecule has 0 aromatic carbocycles. The molecule has 1 aliphatic rings. The van der Waals surface area contributed by atoms with Crippen molar-refractivity contribution in [2.75, 3.05) is 5.75 Å². The van der Waals surface area contributed by atoms with E-state index in [2.05, 4.69) is 10.5 Å². The lowest BCUT2D eigenvalue weighted by molar-refractivity contribution is 0.608. The first kappa shape index (κ1) is 15.0. The zero-order valence-corrected chi connectivity index (χ0v) is 12.6. The molecule has 0 aromatic rings. The van der Waals surface area contributed by atoms with Crippen molar-refractivity contribution in [1.82, 2.24) is 5.43 Å². The largest absolute Gasteiger partial charge is 0.282 e. The van der Waals surface area contributed by atoms with E-state index in [1.165, 1.54) is 0 Å². The molecule has 100 valence electrons. The average Bonchev–Trinajstić information content (AvgIpc) is 2.78. The molecule has 3 atom stereocenters. The SMILES string of the molecule is CCCC(C)S(=O)C1NN=C(S(=O)(=O)CC)S1. The van der Waals surface area contributed by atoms with Gasteiger partial charge in [-0.3, -0.25) is 9.63 Å². The average molecular weight is 298 g/mol. The van der Waals surface area contributed by atoms with E-state index in [1.54, 1.807) is 6.92 Å². The maximum atomic E-state index is 12.1. The van der Waals surface area contributed by atoms with Gasteiger partial charge in [0.2, 0.25) is 14.2 Å². The van der Waals surface area contributed by atoms with Crippen LogP contribution in [-0.2, 0) is 20.6 Å². The van der Waals surface area contributed by atoms with Crippen LogP contribution in [0.3, 0.4) is 0 Å². The third-order valence-electron chi connectivity index (χ3n) is 2.42. The van der Waals surface area contributed by atoms with Crippen LogP contribution in [0.15, 0.2) is 5.10 Å². The molecule has 3 unspecified atom stereocenters. The Kier molecular flexibility index (Phi) is 5.46. The van der Waals surface area contributed by atoms with Crippen molar-refractivity contribution in [2.45, 2.75) is 43.6 Å². The van der Waals surface area contributed by atoms with Crippen molar-refractivity contribution >= 4 is 36.8 Å². The maximum absolute atomic E-state index is 12.1. The summed E-state index contributed by atoms with van der Waals surface area (Å²) in [4.78, 5) is 0. The number of hydrogen-bond donors (Lipinski definition) is 1. The molecule has 0 saturated heterocycles. The first-order valence-electron chi connectivity index (χ1n) is 5.54. The number of hydrazone groups is 1. The van der Waals surface area contributed by atoms with E-state index < -0.39 is 25.3 Å². The lowest BCUT2D eigenvalue weighted by Gasteiger charge is -2.14. The van der Waals surface area contributed by atoms with Crippen LogP contribution in [0.25, 0.3) is 0 Å². The molecule has 1 heterocycles. The van der Waals surface area contributed by atoms with Crippen LogP contribution in [-0.4, -0.2) is 32.7 Å². The van der Waals surface area contributed by atoms with Crippen LogP contribution >= 0.6 is 11.8 Å². The minimum atomic E-state index is -3.29. The van der Waals surface area contributed by atoms with Gasteiger partial charge in [-0.05, 0) is 6.42 Å². The van der Waals surface area contributed by atoms with Crippen molar-refractivity contribution in [1.29, 1.82) is 0 Å². The molecule has 0 radical (unpaired) electrons. The van der Waals surface area contributed by atoms with Gasteiger partial charge in [-0.25, -0.2) is 8.42 Å². The van der Waals surface area contributed by atoms with Crippen molar-refractivity contribution in [3.05, 3.63) is 0 Å². The molecule has 8 heteroatoms. The highest BCUT2D eigenvalue weighted by atomic mass is 32.3. The molecule has 1 aliphatic heterocycles. The van der Waals surface area contributed by atoms with Crippen molar-refractivity contribution in [2.24, 2.45) is 5.10 Å². The lowest BCUT2D eigenvalue weighted by Crippen LogP contribution is -2.28. The van der Waals surface area contributed by atoms with Gasteiger partial charge in [0.25, 0.3) is 0 Å². The summed E-state index contributed by atoms with van der Waals surface area (Å²) < 4.78 is 34.8. The Morgan fingerprint density at radius 2 is 2.18 bits per heavy atom. The van der Waals surface area contributed by atoms with Gasteiger partial charge in [0, 0.05) is 5.25 Å². The summed E-state index contributed by atoms with van der Waals surface area (Å²) in [6.45, 7) is 5.52. The number of nitrogens with zero attached hydrogens (tertiary/aromatic N) is 1. The van der Waals surface area contributed by atoms with Crippen molar-refractivity contribution in [3.8, 4) is 0 Å². The van der Waals surface area contributed by atoms with Gasteiger partial charge in [0.15, 0.2) is 4.71 Å². The van der Waals surface area contributed by atoms with E-state index in [0.717, 1.165) is 24.6 Å². The Hall–Kier alpha value is -0.0800. The highest BCUT2D eigenvalue weighted by Gasteiger charge is 2.33. The van der Waals surface area contributed by atoms with Crippen LogP contribution < -0.4 is 5.43 Å². The summed E-state index contributed by atoms with van der Waals surface area (Å²) in [5.74, 6) is 0.0182. The summed E-state index contributed by atoms with van der Waals surface area (Å²) in [7, 11) is -4.41. The van der Waals surface area contributed by atoms with Gasteiger partial charge in [-0.1, -0.05) is 39.0 Å². The minimum Gasteiger partial charge on any atom is -0.282 e. The second-order valence-corrected chi connectivity index (χ2v) is 9.57. The molecule has 17 heavy (non-hydrogen) atoms. The number of rotatable bonds is 5. The fraction of sp³-hybridized carbons (Fsp3) is 0.889. The number of sulfone groups is 1. The molecular weight excluding hydrogens is 280 g/mol. The smallest absolute Gasteiger partial charge is 0.211 e. The summed E-state index contributed by atoms with van der Waals surface area (Å²) in [5, 5.41) is 3.82. The fourth-order valence-electron chi connectivity index (χ4n) is 1.35. The highest BCUT2D eigenvalue weighted by molar-refractivity contribution is 8.38. The summed E-state index contributed by atoms with van der Waals surface area (Å²) >= 11 is 1.06. The van der Waals surface area contributed by atoms with E-state index in [0.29, 0.717) is 0 Å². The van der Waals surface area contributed by atoms with Crippen LogP contribution in [0.5, 0.6) is 0 Å². The fourth-order valence-corrected chi connectivity index (χ4v) is 5.86. The molecule has 0 spiro atoms. The lowest BCUT2D eigenvalue weighted by atomic mass is 10.3. The molecule has 0 saturated carbocycles. The Morgan fingerprint density at radius 3 is 2.71 bits per heavy atom. The third-order valence-corrected chi connectivity index (χ3v) is 7.88. The topological polar surface area (TPSA) is 75.6 Å². The predicted molar refractivity (Wildman–Crippen MR) is 73.9 cm³/mol. The summed E-state index contributed by atoms with van der Waals surface area (Å²) in [6.07, 6.45) is 1.83. The van der Waals surface area contributed by atoms with Crippen LogP contribution in [0.2, 0.25) is 0 Å². The number of hydrogen-bond acceptors (Lipinski definition) is 6. The van der Waals surface area contributed by atoms with Gasteiger partial charge in [-0.2, -0.15) is 5.10 Å². The number of thioether (sulfide) groups is 1. The van der Waals surface area contributed by atoms with Crippen LogP contribution in [0, 0.1) is 0 Å². The molecule has 0 bridgehead atoms. The predicted octanol–water partition coefficient (Wildman–Crippen LogP) is 1.25. The second-order valence-electron chi connectivity index (χ2n) is 3.79. The van der Waals surface area contributed by atoms with Crippen molar-refractivity contribution in [3.63, 3.8) is 0 Å². The summed E-state index contributed by atoms with van der Waals surface area (Å²) in [5.41, 5.74) is 2.66. The molecule has 5 nitrogen and oxygen atoms in total. The first-order chi connectivity index (χ1) is 7.92. The van der Waals surface area contributed by atoms with E-state index >= 15 is 0 Å². The molecule has 0 amide bonds. The van der Waals surface area contributed by atoms with Crippen LogP contribution in [0.1, 0.15) is 33.6 Å². The van der Waals surface area contributed by atoms with Crippen LogP contribution in [0.4, 0.5) is 0 Å². The molecular formula is C9H18N2O3S3. The molecule has 0 aliphatic carbocycles. The van der Waals surface area contributed by atoms with Gasteiger partial charge in [-0.15, -0.1) is 0 Å². The van der Waals surface area contributed by atoms with Gasteiger partial charge in [0.05, 0.1) is 16.6 Å². The van der Waals surface area contributed by atoms with E-state index in [-0.39, 0.29) is 15.4 Å². The Labute approximate surface area is 109 Å². The second kappa shape index (κ2) is 6.19. The Morgan fingerprint density at radius 1 is 1.53 bits per heavy atom. The van der Waals surface area contributed by atoms with E-state index in [9.17, 15) is 12.6 Å². The highest BCUT2D eigenvalue weighted by Crippen LogP contribution is 2.26. The molecule has 1 rings (SSSR count). The first-order valence-corrected chi connectivity index (χ1v) is 9.35. The van der Waals surface area contributed by atoms with Gasteiger partial charge in [0.1, 0.15) is 0 Å². The van der Waals surface area contributed by atoms with E-state index in [1.807, 2.05) is 13.8 Å². The maximum Gasteiger partial charge on any atom is 0.211 e. The Bertz CT molecular complexity index is 419. The minimum absolute atomic E-state index is 0.0182.